The van der Waals surface area contributed by atoms with Gasteiger partial charge in [0.1, 0.15) is 17.8 Å². The monoisotopic (exact) mass is 528 g/mol. The van der Waals surface area contributed by atoms with E-state index in [-0.39, 0.29) is 22.8 Å². The summed E-state index contributed by atoms with van der Waals surface area (Å²) in [6, 6.07) is 19.2. The minimum absolute atomic E-state index is 0.0119. The number of carboxylic acid groups (broad SMARTS) is 1. The van der Waals surface area contributed by atoms with E-state index < -0.39 is 34.0 Å². The smallest absolute Gasteiger partial charge is 0.326 e. The van der Waals surface area contributed by atoms with Crippen LogP contribution < -0.4 is 10.0 Å². The number of aryl methyl sites for hydroxylation is 1. The van der Waals surface area contributed by atoms with Crippen LogP contribution in [0.1, 0.15) is 16.7 Å². The fourth-order valence-corrected chi connectivity index (χ4v) is 5.66. The Balaban J connectivity index is 1.76. The van der Waals surface area contributed by atoms with Crippen molar-refractivity contribution in [2.75, 3.05) is 5.75 Å². The Labute approximate surface area is 214 Å². The van der Waals surface area contributed by atoms with Crippen molar-refractivity contribution in [3.8, 4) is 5.75 Å². The molecule has 3 aromatic rings. The van der Waals surface area contributed by atoms with Crippen LogP contribution in [0.15, 0.2) is 83.8 Å². The predicted molar refractivity (Wildman–Crippen MR) is 139 cm³/mol. The molecule has 0 heterocycles. The molecule has 1 amide bonds. The lowest BCUT2D eigenvalue weighted by Gasteiger charge is -2.21. The molecule has 0 spiro atoms. The summed E-state index contributed by atoms with van der Waals surface area (Å²) in [7, 11) is -4.04. The minimum atomic E-state index is -4.04. The summed E-state index contributed by atoms with van der Waals surface area (Å²) in [6.07, 6.45) is -0.0318. The molecular weight excluding hydrogens is 500 g/mol. The van der Waals surface area contributed by atoms with Gasteiger partial charge in [-0.2, -0.15) is 16.5 Å². The number of nitrogens with one attached hydrogen (secondary N) is 2. The second-order valence-electron chi connectivity index (χ2n) is 8.26. The zero-order chi connectivity index (χ0) is 26.1. The molecular formula is C26H28N2O6S2. The Bertz CT molecular complexity index is 1260. The molecule has 0 aromatic heterocycles. The molecule has 3 rings (SSSR count). The van der Waals surface area contributed by atoms with Gasteiger partial charge in [-0.1, -0.05) is 60.2 Å². The predicted octanol–water partition coefficient (Wildman–Crippen LogP) is 3.09. The van der Waals surface area contributed by atoms with Crippen LogP contribution in [0.3, 0.4) is 0 Å². The van der Waals surface area contributed by atoms with Gasteiger partial charge in [-0.25, -0.2) is 13.2 Å². The SMILES string of the molecule is Cc1ccc(S(=O)(=O)NC(CSCc2ccccc2)C(=O)NC(Cc2ccc(O)cc2)C(=O)O)cc1. The maximum Gasteiger partial charge on any atom is 0.326 e. The third-order valence-electron chi connectivity index (χ3n) is 5.33. The quantitative estimate of drug-likeness (QED) is 0.284. The maximum absolute atomic E-state index is 13.2. The number of hydrogen-bond acceptors (Lipinski definition) is 6. The minimum Gasteiger partial charge on any atom is -0.508 e. The molecule has 0 bridgehead atoms. The molecule has 0 saturated heterocycles. The summed E-state index contributed by atoms with van der Waals surface area (Å²) in [5, 5.41) is 21.6. The van der Waals surface area contributed by atoms with Gasteiger partial charge in [-0.05, 0) is 42.3 Å². The highest BCUT2D eigenvalue weighted by molar-refractivity contribution is 7.98. The van der Waals surface area contributed by atoms with Gasteiger partial charge in [0.2, 0.25) is 15.9 Å². The third-order valence-corrected chi connectivity index (χ3v) is 7.93. The molecule has 190 valence electrons. The van der Waals surface area contributed by atoms with Gasteiger partial charge in [-0.15, -0.1) is 0 Å². The number of rotatable bonds is 12. The van der Waals surface area contributed by atoms with Crippen molar-refractivity contribution in [3.05, 3.63) is 95.6 Å². The first kappa shape index (κ1) is 27.3. The van der Waals surface area contributed by atoms with Crippen LogP contribution in [0, 0.1) is 6.92 Å². The van der Waals surface area contributed by atoms with Crippen LogP contribution in [0.5, 0.6) is 5.75 Å². The van der Waals surface area contributed by atoms with Gasteiger partial charge >= 0.3 is 5.97 Å². The highest BCUT2D eigenvalue weighted by Crippen LogP contribution is 2.17. The average molecular weight is 529 g/mol. The van der Waals surface area contributed by atoms with E-state index in [1.54, 1.807) is 24.3 Å². The molecule has 36 heavy (non-hydrogen) atoms. The van der Waals surface area contributed by atoms with Gasteiger partial charge in [0, 0.05) is 17.9 Å². The van der Waals surface area contributed by atoms with E-state index in [0.717, 1.165) is 11.1 Å². The Morgan fingerprint density at radius 3 is 2.14 bits per heavy atom. The number of phenolic OH excluding ortho intramolecular Hbond substituents is 1. The van der Waals surface area contributed by atoms with Crippen LogP contribution >= 0.6 is 11.8 Å². The lowest BCUT2D eigenvalue weighted by atomic mass is 10.1. The molecule has 0 saturated carbocycles. The number of hydrogen-bond donors (Lipinski definition) is 4. The van der Waals surface area contributed by atoms with Crippen LogP contribution in [0.2, 0.25) is 0 Å². The van der Waals surface area contributed by atoms with Crippen molar-refractivity contribution >= 4 is 33.7 Å². The summed E-state index contributed by atoms with van der Waals surface area (Å²) in [5.74, 6) is -1.31. The zero-order valence-electron chi connectivity index (χ0n) is 19.6. The normalized spacial score (nSPS) is 13.0. The van der Waals surface area contributed by atoms with Gasteiger partial charge in [0.15, 0.2) is 0 Å². The molecule has 2 atom stereocenters. The van der Waals surface area contributed by atoms with Gasteiger partial charge in [-0.3, -0.25) is 4.79 Å². The summed E-state index contributed by atoms with van der Waals surface area (Å²) in [4.78, 5) is 25.0. The molecule has 4 N–H and O–H groups in total. The Kier molecular flexibility index (Phi) is 9.51. The topological polar surface area (TPSA) is 133 Å². The number of carbonyl (C=O) groups is 2. The lowest BCUT2D eigenvalue weighted by molar-refractivity contribution is -0.141. The molecule has 8 nitrogen and oxygen atoms in total. The third kappa shape index (κ3) is 8.11. The first-order chi connectivity index (χ1) is 17.1. The number of aromatic hydroxyl groups is 1. The van der Waals surface area contributed by atoms with Crippen molar-refractivity contribution in [2.45, 2.75) is 36.1 Å². The summed E-state index contributed by atoms with van der Waals surface area (Å²) >= 11 is 1.36. The van der Waals surface area contributed by atoms with Gasteiger partial charge in [0.25, 0.3) is 0 Å². The number of aliphatic carboxylic acids is 1. The number of carbonyl (C=O) groups excluding carboxylic acids is 1. The van der Waals surface area contributed by atoms with E-state index in [2.05, 4.69) is 10.0 Å². The van der Waals surface area contributed by atoms with Crippen molar-refractivity contribution < 1.29 is 28.2 Å². The maximum atomic E-state index is 13.2. The Hall–Kier alpha value is -3.34. The van der Waals surface area contributed by atoms with Crippen molar-refractivity contribution in [2.24, 2.45) is 0 Å². The molecule has 0 aliphatic heterocycles. The second kappa shape index (κ2) is 12.6. The van der Waals surface area contributed by atoms with E-state index in [9.17, 15) is 28.2 Å². The highest BCUT2D eigenvalue weighted by Gasteiger charge is 2.29. The number of sulfonamides is 1. The molecule has 0 radical (unpaired) electrons. The molecule has 0 aliphatic rings. The number of benzene rings is 3. The van der Waals surface area contributed by atoms with E-state index in [1.807, 2.05) is 37.3 Å². The molecule has 10 heteroatoms. The Morgan fingerprint density at radius 1 is 0.889 bits per heavy atom. The summed E-state index contributed by atoms with van der Waals surface area (Å²) in [6.45, 7) is 1.83. The van der Waals surface area contributed by atoms with Gasteiger partial charge < -0.3 is 15.5 Å². The molecule has 0 fully saturated rings. The van der Waals surface area contributed by atoms with E-state index in [1.165, 1.54) is 36.0 Å². The van der Waals surface area contributed by atoms with Crippen LogP contribution in [-0.2, 0) is 31.8 Å². The number of phenols is 1. The lowest BCUT2D eigenvalue weighted by Crippen LogP contribution is -2.53. The summed E-state index contributed by atoms with van der Waals surface area (Å²) < 4.78 is 28.4. The number of thioether (sulfide) groups is 1. The van der Waals surface area contributed by atoms with Crippen molar-refractivity contribution in [1.29, 1.82) is 0 Å². The highest BCUT2D eigenvalue weighted by atomic mass is 32.2. The Morgan fingerprint density at radius 2 is 1.53 bits per heavy atom. The number of carboxylic acids is 1. The fourth-order valence-electron chi connectivity index (χ4n) is 3.34. The number of amides is 1. The summed E-state index contributed by atoms with van der Waals surface area (Å²) in [5.41, 5.74) is 2.50. The second-order valence-corrected chi connectivity index (χ2v) is 11.0. The first-order valence-electron chi connectivity index (χ1n) is 11.2. The van der Waals surface area contributed by atoms with Crippen molar-refractivity contribution in [1.82, 2.24) is 10.0 Å². The van der Waals surface area contributed by atoms with Crippen LogP contribution in [-0.4, -0.2) is 48.3 Å². The van der Waals surface area contributed by atoms with Crippen molar-refractivity contribution in [3.63, 3.8) is 0 Å². The molecule has 3 aromatic carbocycles. The molecule has 0 aliphatic carbocycles. The zero-order valence-corrected chi connectivity index (χ0v) is 21.3. The standard InChI is InChI=1S/C26H28N2O6S2/c1-18-7-13-22(14-8-18)36(33,34)28-24(17-35-16-20-5-3-2-4-6-20)25(30)27-23(26(31)32)15-19-9-11-21(29)12-10-19/h2-14,23-24,28-29H,15-17H2,1H3,(H,27,30)(H,31,32). The van der Waals surface area contributed by atoms with Gasteiger partial charge in [0.05, 0.1) is 4.90 Å². The van der Waals surface area contributed by atoms with Crippen LogP contribution in [0.4, 0.5) is 0 Å². The van der Waals surface area contributed by atoms with E-state index in [4.69, 9.17) is 0 Å². The van der Waals surface area contributed by atoms with Crippen LogP contribution in [0.25, 0.3) is 0 Å². The van der Waals surface area contributed by atoms with E-state index >= 15 is 0 Å². The van der Waals surface area contributed by atoms with E-state index in [0.29, 0.717) is 11.3 Å². The first-order valence-corrected chi connectivity index (χ1v) is 13.8. The fraction of sp³-hybridized carbons (Fsp3) is 0.231. The molecule has 2 unspecified atom stereocenters. The average Bonchev–Trinajstić information content (AvgIpc) is 2.85. The largest absolute Gasteiger partial charge is 0.508 e.